The Hall–Kier alpha value is -0.120. The number of hydrogen-bond acceptors (Lipinski definition) is 3. The molecule has 1 saturated heterocycles. The summed E-state index contributed by atoms with van der Waals surface area (Å²) < 4.78 is 10.8. The molecule has 13 heavy (non-hydrogen) atoms. The van der Waals surface area contributed by atoms with Crippen LogP contribution in [0.15, 0.2) is 0 Å². The predicted molar refractivity (Wildman–Crippen MR) is 50.4 cm³/mol. The largest absolute Gasteiger partial charge is 0.393 e. The maximum Gasteiger partial charge on any atom is 0.155 e. The van der Waals surface area contributed by atoms with E-state index in [1.54, 1.807) is 0 Å². The lowest BCUT2D eigenvalue weighted by atomic mass is 10.1. The molecule has 3 atom stereocenters. The number of rotatable bonds is 4. The van der Waals surface area contributed by atoms with Gasteiger partial charge in [-0.15, -0.1) is 0 Å². The molecule has 0 amide bonds. The summed E-state index contributed by atoms with van der Waals surface area (Å²) in [4.78, 5) is 0. The first-order valence-corrected chi connectivity index (χ1v) is 5.13. The molecule has 0 bridgehead atoms. The molecule has 0 saturated carbocycles. The standard InChI is InChI=1S/C10H20O3/c1-8(11)4-3-5-10-6-7-12-9(2)13-10/h8-11H,3-7H2,1-2H3/t8?,9-,10+/m0/s1. The van der Waals surface area contributed by atoms with Gasteiger partial charge >= 0.3 is 0 Å². The first-order chi connectivity index (χ1) is 6.18. The van der Waals surface area contributed by atoms with Crippen LogP contribution in [-0.4, -0.2) is 30.2 Å². The zero-order valence-electron chi connectivity index (χ0n) is 8.53. The summed E-state index contributed by atoms with van der Waals surface area (Å²) in [6.45, 7) is 4.56. The number of aliphatic hydroxyl groups excluding tert-OH is 1. The van der Waals surface area contributed by atoms with Gasteiger partial charge in [0.1, 0.15) is 0 Å². The van der Waals surface area contributed by atoms with Crippen LogP contribution in [0.2, 0.25) is 0 Å². The fraction of sp³-hybridized carbons (Fsp3) is 1.00. The second kappa shape index (κ2) is 5.58. The summed E-state index contributed by atoms with van der Waals surface area (Å²) in [5, 5.41) is 9.07. The van der Waals surface area contributed by atoms with Crippen LogP contribution in [0.5, 0.6) is 0 Å². The van der Waals surface area contributed by atoms with Gasteiger partial charge in [0.15, 0.2) is 6.29 Å². The van der Waals surface area contributed by atoms with Crippen LogP contribution in [0.1, 0.15) is 39.5 Å². The molecule has 1 N–H and O–H groups in total. The van der Waals surface area contributed by atoms with Crippen molar-refractivity contribution in [2.45, 2.75) is 58.0 Å². The Morgan fingerprint density at radius 3 is 2.92 bits per heavy atom. The average molecular weight is 188 g/mol. The molecule has 0 aliphatic carbocycles. The van der Waals surface area contributed by atoms with Crippen molar-refractivity contribution < 1.29 is 14.6 Å². The highest BCUT2D eigenvalue weighted by Crippen LogP contribution is 2.17. The van der Waals surface area contributed by atoms with Crippen molar-refractivity contribution in [2.24, 2.45) is 0 Å². The number of ether oxygens (including phenoxy) is 2. The second-order valence-corrected chi connectivity index (χ2v) is 3.77. The molecular formula is C10H20O3. The van der Waals surface area contributed by atoms with Gasteiger partial charge in [0.05, 0.1) is 18.8 Å². The van der Waals surface area contributed by atoms with Crippen molar-refractivity contribution in [3.63, 3.8) is 0 Å². The van der Waals surface area contributed by atoms with E-state index >= 15 is 0 Å². The lowest BCUT2D eigenvalue weighted by Crippen LogP contribution is -2.30. The van der Waals surface area contributed by atoms with Crippen LogP contribution >= 0.6 is 0 Å². The number of hydrogen-bond donors (Lipinski definition) is 1. The van der Waals surface area contributed by atoms with Crippen molar-refractivity contribution in [3.8, 4) is 0 Å². The smallest absolute Gasteiger partial charge is 0.155 e. The Kier molecular flexibility index (Phi) is 4.70. The molecule has 0 radical (unpaired) electrons. The normalized spacial score (nSPS) is 31.6. The highest BCUT2D eigenvalue weighted by atomic mass is 16.7. The van der Waals surface area contributed by atoms with Crippen LogP contribution in [-0.2, 0) is 9.47 Å². The monoisotopic (exact) mass is 188 g/mol. The SMILES string of the molecule is CC(O)CCC[C@@H]1CCO[C@H](C)O1. The van der Waals surface area contributed by atoms with E-state index < -0.39 is 0 Å². The minimum absolute atomic E-state index is 0.0506. The van der Waals surface area contributed by atoms with Crippen LogP contribution in [0.3, 0.4) is 0 Å². The molecule has 1 aliphatic heterocycles. The van der Waals surface area contributed by atoms with E-state index in [9.17, 15) is 0 Å². The lowest BCUT2D eigenvalue weighted by molar-refractivity contribution is -0.203. The third-order valence-corrected chi connectivity index (χ3v) is 2.32. The zero-order valence-corrected chi connectivity index (χ0v) is 8.53. The predicted octanol–water partition coefficient (Wildman–Crippen LogP) is 1.69. The van der Waals surface area contributed by atoms with Crippen molar-refractivity contribution in [3.05, 3.63) is 0 Å². The first kappa shape index (κ1) is 11.0. The molecule has 78 valence electrons. The maximum atomic E-state index is 9.07. The summed E-state index contributed by atoms with van der Waals surface area (Å²) in [7, 11) is 0. The van der Waals surface area contributed by atoms with E-state index in [4.69, 9.17) is 14.6 Å². The lowest BCUT2D eigenvalue weighted by Gasteiger charge is -2.28. The fourth-order valence-electron chi connectivity index (χ4n) is 1.60. The summed E-state index contributed by atoms with van der Waals surface area (Å²) >= 11 is 0. The van der Waals surface area contributed by atoms with Gasteiger partial charge in [0, 0.05) is 0 Å². The Balaban J connectivity index is 2.06. The molecule has 1 heterocycles. The van der Waals surface area contributed by atoms with Crippen molar-refractivity contribution in [2.75, 3.05) is 6.61 Å². The molecule has 1 fully saturated rings. The summed E-state index contributed by atoms with van der Waals surface area (Å²) in [5.74, 6) is 0. The maximum absolute atomic E-state index is 9.07. The third-order valence-electron chi connectivity index (χ3n) is 2.32. The molecule has 0 spiro atoms. The van der Waals surface area contributed by atoms with Gasteiger partial charge in [0.2, 0.25) is 0 Å². The van der Waals surface area contributed by atoms with Gasteiger partial charge in [-0.1, -0.05) is 0 Å². The van der Waals surface area contributed by atoms with Gasteiger partial charge < -0.3 is 14.6 Å². The van der Waals surface area contributed by atoms with Gasteiger partial charge in [-0.3, -0.25) is 0 Å². The van der Waals surface area contributed by atoms with E-state index in [0.29, 0.717) is 6.10 Å². The molecular weight excluding hydrogens is 168 g/mol. The minimum Gasteiger partial charge on any atom is -0.393 e. The van der Waals surface area contributed by atoms with Gasteiger partial charge in [-0.05, 0) is 39.5 Å². The van der Waals surface area contributed by atoms with Crippen LogP contribution in [0.25, 0.3) is 0 Å². The molecule has 1 rings (SSSR count). The van der Waals surface area contributed by atoms with Crippen molar-refractivity contribution >= 4 is 0 Å². The molecule has 3 heteroatoms. The van der Waals surface area contributed by atoms with E-state index in [1.165, 1.54) is 0 Å². The Labute approximate surface area is 80.0 Å². The fourth-order valence-corrected chi connectivity index (χ4v) is 1.60. The van der Waals surface area contributed by atoms with Crippen LogP contribution in [0.4, 0.5) is 0 Å². The van der Waals surface area contributed by atoms with Gasteiger partial charge in [0.25, 0.3) is 0 Å². The summed E-state index contributed by atoms with van der Waals surface area (Å²) in [6.07, 6.45) is 4.04. The molecule has 0 aromatic rings. The molecule has 1 unspecified atom stereocenters. The highest BCUT2D eigenvalue weighted by Gasteiger charge is 2.18. The summed E-state index contributed by atoms with van der Waals surface area (Å²) in [6, 6.07) is 0. The Bertz CT molecular complexity index is 136. The van der Waals surface area contributed by atoms with E-state index in [2.05, 4.69) is 0 Å². The number of aliphatic hydroxyl groups is 1. The van der Waals surface area contributed by atoms with Crippen molar-refractivity contribution in [1.29, 1.82) is 0 Å². The van der Waals surface area contributed by atoms with Gasteiger partial charge in [-0.25, -0.2) is 0 Å². The van der Waals surface area contributed by atoms with Crippen LogP contribution in [0, 0.1) is 0 Å². The molecule has 0 aromatic carbocycles. The Morgan fingerprint density at radius 2 is 2.31 bits per heavy atom. The average Bonchev–Trinajstić information content (AvgIpc) is 2.03. The third kappa shape index (κ3) is 4.60. The van der Waals surface area contributed by atoms with E-state index in [0.717, 1.165) is 32.3 Å². The van der Waals surface area contributed by atoms with Crippen molar-refractivity contribution in [1.82, 2.24) is 0 Å². The minimum atomic E-state index is -0.183. The molecule has 3 nitrogen and oxygen atoms in total. The quantitative estimate of drug-likeness (QED) is 0.729. The Morgan fingerprint density at radius 1 is 1.54 bits per heavy atom. The van der Waals surface area contributed by atoms with E-state index in [-0.39, 0.29) is 12.4 Å². The second-order valence-electron chi connectivity index (χ2n) is 3.77. The first-order valence-electron chi connectivity index (χ1n) is 5.13. The zero-order chi connectivity index (χ0) is 9.68. The highest BCUT2D eigenvalue weighted by molar-refractivity contribution is 4.63. The van der Waals surface area contributed by atoms with Crippen LogP contribution < -0.4 is 0 Å². The molecule has 0 aromatic heterocycles. The molecule has 1 aliphatic rings. The summed E-state index contributed by atoms with van der Waals surface area (Å²) in [5.41, 5.74) is 0. The van der Waals surface area contributed by atoms with E-state index in [1.807, 2.05) is 13.8 Å². The topological polar surface area (TPSA) is 38.7 Å². The van der Waals surface area contributed by atoms with Gasteiger partial charge in [-0.2, -0.15) is 0 Å².